The first kappa shape index (κ1) is 13.9. The number of hydrogen-bond donors (Lipinski definition) is 1. The Morgan fingerprint density at radius 2 is 1.80 bits per heavy atom. The van der Waals surface area contributed by atoms with Crippen LogP contribution in [0.4, 0.5) is 0 Å². The van der Waals surface area contributed by atoms with E-state index in [9.17, 15) is 9.59 Å². The molecule has 0 saturated heterocycles. The molecule has 0 fully saturated rings. The molecule has 0 aromatic carbocycles. The van der Waals surface area contributed by atoms with Gasteiger partial charge in [-0.1, -0.05) is 0 Å². The Labute approximate surface area is 91.2 Å². The average molecular weight is 215 g/mol. The molecular weight excluding hydrogens is 194 g/mol. The maximum absolute atomic E-state index is 11.6. The Balaban J connectivity index is 4.24. The van der Waals surface area contributed by atoms with Gasteiger partial charge >= 0.3 is 0 Å². The van der Waals surface area contributed by atoms with Gasteiger partial charge in [-0.25, -0.2) is 0 Å². The summed E-state index contributed by atoms with van der Waals surface area (Å²) < 4.78 is 0. The van der Waals surface area contributed by atoms with E-state index in [-0.39, 0.29) is 30.8 Å². The quantitative estimate of drug-likeness (QED) is 0.682. The third kappa shape index (κ3) is 5.37. The van der Waals surface area contributed by atoms with Gasteiger partial charge in [-0.15, -0.1) is 0 Å². The maximum atomic E-state index is 11.6. The van der Waals surface area contributed by atoms with Crippen molar-refractivity contribution >= 4 is 11.8 Å². The average Bonchev–Trinajstić information content (AvgIpc) is 2.11. The largest absolute Gasteiger partial charge is 0.347 e. The van der Waals surface area contributed by atoms with Crippen LogP contribution in [-0.4, -0.2) is 54.8 Å². The molecular formula is C10H21N3O2. The van der Waals surface area contributed by atoms with Crippen LogP contribution in [0.15, 0.2) is 0 Å². The fourth-order valence-corrected chi connectivity index (χ4v) is 1.09. The minimum atomic E-state index is -0.166. The second kappa shape index (κ2) is 6.40. The maximum Gasteiger partial charge on any atom is 0.241 e. The van der Waals surface area contributed by atoms with Crippen molar-refractivity contribution < 1.29 is 9.59 Å². The molecule has 0 radical (unpaired) electrons. The molecule has 0 aromatic heterocycles. The fourth-order valence-electron chi connectivity index (χ4n) is 1.09. The second-order valence-electron chi connectivity index (χ2n) is 3.88. The van der Waals surface area contributed by atoms with Crippen LogP contribution in [0.5, 0.6) is 0 Å². The molecule has 0 aliphatic rings. The SMILES string of the molecule is CCN(CC(=O)N(C)C)C(=O)CC(C)N. The Bertz CT molecular complexity index is 227. The topological polar surface area (TPSA) is 66.6 Å². The minimum Gasteiger partial charge on any atom is -0.347 e. The molecule has 0 spiro atoms. The predicted molar refractivity (Wildman–Crippen MR) is 59.2 cm³/mol. The van der Waals surface area contributed by atoms with Crippen LogP contribution < -0.4 is 5.73 Å². The molecule has 2 N–H and O–H groups in total. The summed E-state index contributed by atoms with van der Waals surface area (Å²) in [7, 11) is 3.35. The van der Waals surface area contributed by atoms with Gasteiger partial charge in [-0.2, -0.15) is 0 Å². The molecule has 0 rings (SSSR count). The van der Waals surface area contributed by atoms with Gasteiger partial charge in [0.15, 0.2) is 0 Å². The summed E-state index contributed by atoms with van der Waals surface area (Å²) in [5.41, 5.74) is 5.53. The predicted octanol–water partition coefficient (Wildman–Crippen LogP) is -0.340. The molecule has 5 heteroatoms. The van der Waals surface area contributed by atoms with Crippen LogP contribution in [0.25, 0.3) is 0 Å². The smallest absolute Gasteiger partial charge is 0.241 e. The number of nitrogens with two attached hydrogens (primary N) is 1. The molecule has 88 valence electrons. The van der Waals surface area contributed by atoms with Crippen molar-refractivity contribution in [1.29, 1.82) is 0 Å². The zero-order chi connectivity index (χ0) is 12.0. The second-order valence-corrected chi connectivity index (χ2v) is 3.88. The van der Waals surface area contributed by atoms with Crippen LogP contribution in [-0.2, 0) is 9.59 Å². The molecule has 0 aromatic rings. The lowest BCUT2D eigenvalue weighted by molar-refractivity contribution is -0.139. The summed E-state index contributed by atoms with van der Waals surface area (Å²) in [6, 6.07) is -0.166. The van der Waals surface area contributed by atoms with Gasteiger partial charge in [-0.3, -0.25) is 9.59 Å². The van der Waals surface area contributed by atoms with Gasteiger partial charge in [0, 0.05) is 33.1 Å². The van der Waals surface area contributed by atoms with Gasteiger partial charge in [0.05, 0.1) is 6.54 Å². The van der Waals surface area contributed by atoms with E-state index >= 15 is 0 Å². The highest BCUT2D eigenvalue weighted by Gasteiger charge is 2.17. The van der Waals surface area contributed by atoms with Gasteiger partial charge in [0.2, 0.25) is 11.8 Å². The van der Waals surface area contributed by atoms with E-state index in [2.05, 4.69) is 0 Å². The summed E-state index contributed by atoms with van der Waals surface area (Å²) in [5, 5.41) is 0. The molecule has 0 aliphatic heterocycles. The van der Waals surface area contributed by atoms with E-state index in [1.807, 2.05) is 6.92 Å². The first-order valence-corrected chi connectivity index (χ1v) is 5.12. The molecule has 1 unspecified atom stereocenters. The van der Waals surface area contributed by atoms with Gasteiger partial charge in [0.25, 0.3) is 0 Å². The molecule has 2 amide bonds. The van der Waals surface area contributed by atoms with Crippen LogP contribution >= 0.6 is 0 Å². The van der Waals surface area contributed by atoms with Gasteiger partial charge in [-0.05, 0) is 13.8 Å². The highest BCUT2D eigenvalue weighted by atomic mass is 16.2. The van der Waals surface area contributed by atoms with Crippen molar-refractivity contribution in [3.63, 3.8) is 0 Å². The lowest BCUT2D eigenvalue weighted by atomic mass is 10.2. The van der Waals surface area contributed by atoms with E-state index in [1.54, 1.807) is 21.0 Å². The third-order valence-electron chi connectivity index (χ3n) is 2.06. The first-order valence-electron chi connectivity index (χ1n) is 5.12. The molecule has 15 heavy (non-hydrogen) atoms. The highest BCUT2D eigenvalue weighted by molar-refractivity contribution is 5.84. The summed E-state index contributed by atoms with van der Waals surface area (Å²) in [4.78, 5) is 26.0. The minimum absolute atomic E-state index is 0.0669. The Morgan fingerprint density at radius 1 is 1.27 bits per heavy atom. The Hall–Kier alpha value is -1.10. The first-order chi connectivity index (χ1) is 6.88. The van der Waals surface area contributed by atoms with Crippen LogP contribution in [0.1, 0.15) is 20.3 Å². The van der Waals surface area contributed by atoms with Gasteiger partial charge in [0.1, 0.15) is 0 Å². The van der Waals surface area contributed by atoms with Crippen molar-refractivity contribution in [3.8, 4) is 0 Å². The number of likely N-dealkylation sites (N-methyl/N-ethyl adjacent to an activating group) is 2. The number of carbonyl (C=O) groups is 2. The lowest BCUT2D eigenvalue weighted by Crippen LogP contribution is -2.41. The van der Waals surface area contributed by atoms with E-state index in [0.717, 1.165) is 0 Å². The fraction of sp³-hybridized carbons (Fsp3) is 0.800. The number of amides is 2. The lowest BCUT2D eigenvalue weighted by Gasteiger charge is -2.22. The number of carbonyl (C=O) groups excluding carboxylic acids is 2. The van der Waals surface area contributed by atoms with Crippen molar-refractivity contribution in [2.45, 2.75) is 26.3 Å². The molecule has 5 nitrogen and oxygen atoms in total. The van der Waals surface area contributed by atoms with Crippen molar-refractivity contribution in [2.24, 2.45) is 5.73 Å². The van der Waals surface area contributed by atoms with Crippen molar-refractivity contribution in [2.75, 3.05) is 27.2 Å². The van der Waals surface area contributed by atoms with E-state index in [0.29, 0.717) is 6.54 Å². The monoisotopic (exact) mass is 215 g/mol. The summed E-state index contributed by atoms with van der Waals surface area (Å²) in [6.45, 7) is 4.29. The molecule has 0 aliphatic carbocycles. The summed E-state index contributed by atoms with van der Waals surface area (Å²) in [5.74, 6) is -0.141. The Morgan fingerprint density at radius 3 is 2.13 bits per heavy atom. The highest BCUT2D eigenvalue weighted by Crippen LogP contribution is 1.98. The zero-order valence-corrected chi connectivity index (χ0v) is 9.99. The Kier molecular flexibility index (Phi) is 5.93. The molecule has 0 bridgehead atoms. The van der Waals surface area contributed by atoms with E-state index in [4.69, 9.17) is 5.73 Å². The number of nitrogens with zero attached hydrogens (tertiary/aromatic N) is 2. The number of rotatable bonds is 5. The van der Waals surface area contributed by atoms with Crippen LogP contribution in [0.3, 0.4) is 0 Å². The third-order valence-corrected chi connectivity index (χ3v) is 2.06. The normalized spacial score (nSPS) is 12.1. The van der Waals surface area contributed by atoms with Crippen LogP contribution in [0.2, 0.25) is 0 Å². The summed E-state index contributed by atoms with van der Waals surface area (Å²) in [6.07, 6.45) is 0.286. The van der Waals surface area contributed by atoms with Crippen molar-refractivity contribution in [1.82, 2.24) is 9.80 Å². The summed E-state index contributed by atoms with van der Waals surface area (Å²) >= 11 is 0. The van der Waals surface area contributed by atoms with Crippen LogP contribution in [0, 0.1) is 0 Å². The number of hydrogen-bond acceptors (Lipinski definition) is 3. The molecule has 0 saturated carbocycles. The molecule has 0 heterocycles. The van der Waals surface area contributed by atoms with E-state index in [1.165, 1.54) is 9.80 Å². The molecule has 1 atom stereocenters. The van der Waals surface area contributed by atoms with Gasteiger partial charge < -0.3 is 15.5 Å². The van der Waals surface area contributed by atoms with E-state index < -0.39 is 0 Å². The zero-order valence-electron chi connectivity index (χ0n) is 9.99. The standard InChI is InChI=1S/C10H21N3O2/c1-5-13(7-10(15)12(3)4)9(14)6-8(2)11/h8H,5-7,11H2,1-4H3. The van der Waals surface area contributed by atoms with Crippen molar-refractivity contribution in [3.05, 3.63) is 0 Å².